The topological polar surface area (TPSA) is 49.6 Å². The Kier molecular flexibility index (Phi) is 3.33. The molecule has 2 aromatic heterocycles. The van der Waals surface area contributed by atoms with E-state index in [0.717, 1.165) is 24.4 Å². The van der Waals surface area contributed by atoms with Gasteiger partial charge in [-0.15, -0.1) is 10.2 Å². The largest absolute Gasteiger partial charge is 0.367 e. The predicted molar refractivity (Wildman–Crippen MR) is 79.2 cm³/mol. The normalized spacial score (nSPS) is 20.1. The highest BCUT2D eigenvalue weighted by molar-refractivity contribution is 5.72. The van der Waals surface area contributed by atoms with Crippen molar-refractivity contribution in [3.63, 3.8) is 0 Å². The summed E-state index contributed by atoms with van der Waals surface area (Å²) in [6.07, 6.45) is 4.15. The molecule has 1 aliphatic rings. The van der Waals surface area contributed by atoms with Gasteiger partial charge in [-0.3, -0.25) is 0 Å². The van der Waals surface area contributed by atoms with Crippen LogP contribution in [-0.2, 0) is 0 Å². The second-order valence-electron chi connectivity index (χ2n) is 5.86. The van der Waals surface area contributed by atoms with Gasteiger partial charge >= 0.3 is 0 Å². The minimum atomic E-state index is 0.597. The van der Waals surface area contributed by atoms with E-state index in [1.807, 2.05) is 6.92 Å². The van der Waals surface area contributed by atoms with Gasteiger partial charge in [-0.2, -0.15) is 9.61 Å². The van der Waals surface area contributed by atoms with Gasteiger partial charge in [0.05, 0.1) is 11.4 Å². The van der Waals surface area contributed by atoms with Crippen LogP contribution in [0.3, 0.4) is 0 Å². The first-order chi connectivity index (χ1) is 9.58. The van der Waals surface area contributed by atoms with Crippen LogP contribution in [0.25, 0.3) is 5.65 Å². The number of aromatic nitrogens is 4. The first kappa shape index (κ1) is 13.3. The van der Waals surface area contributed by atoms with E-state index < -0.39 is 0 Å². The molecule has 0 spiro atoms. The van der Waals surface area contributed by atoms with Crippen LogP contribution >= 0.6 is 0 Å². The predicted octanol–water partition coefficient (Wildman–Crippen LogP) is 1.27. The minimum Gasteiger partial charge on any atom is -0.367 e. The highest BCUT2D eigenvalue weighted by Gasteiger charge is 2.25. The second-order valence-corrected chi connectivity index (χ2v) is 5.86. The molecule has 1 fully saturated rings. The molecule has 0 N–H and O–H groups in total. The van der Waals surface area contributed by atoms with Crippen molar-refractivity contribution < 1.29 is 0 Å². The number of rotatable bonds is 2. The summed E-state index contributed by atoms with van der Waals surface area (Å²) in [7, 11) is 4.32. The standard InChI is InChI=1S/C14H22N6/c1-10-11(2)17-20-9-15-16-14(20)13(10)19-7-5-6-12(8-19)18(3)4/h9,12H,5-8H2,1-4H3. The van der Waals surface area contributed by atoms with Gasteiger partial charge in [-0.1, -0.05) is 0 Å². The van der Waals surface area contributed by atoms with Crippen LogP contribution in [0.15, 0.2) is 6.33 Å². The van der Waals surface area contributed by atoms with Gasteiger partial charge in [-0.05, 0) is 46.3 Å². The van der Waals surface area contributed by atoms with Crippen LogP contribution in [0.2, 0.25) is 0 Å². The van der Waals surface area contributed by atoms with Crippen LogP contribution in [0.1, 0.15) is 24.1 Å². The molecule has 6 heteroatoms. The minimum absolute atomic E-state index is 0.597. The highest BCUT2D eigenvalue weighted by atomic mass is 15.4. The molecule has 0 amide bonds. The lowest BCUT2D eigenvalue weighted by Gasteiger charge is -2.38. The van der Waals surface area contributed by atoms with Crippen LogP contribution in [0.5, 0.6) is 0 Å². The Morgan fingerprint density at radius 1 is 1.30 bits per heavy atom. The van der Waals surface area contributed by atoms with Gasteiger partial charge < -0.3 is 9.80 Å². The van der Waals surface area contributed by atoms with E-state index in [-0.39, 0.29) is 0 Å². The molecule has 6 nitrogen and oxygen atoms in total. The number of piperidine rings is 1. The maximum atomic E-state index is 4.50. The van der Waals surface area contributed by atoms with Crippen molar-refractivity contribution in [1.82, 2.24) is 24.7 Å². The van der Waals surface area contributed by atoms with Crippen molar-refractivity contribution in [2.24, 2.45) is 0 Å². The van der Waals surface area contributed by atoms with Crippen molar-refractivity contribution in [3.05, 3.63) is 17.6 Å². The van der Waals surface area contributed by atoms with Crippen LogP contribution in [-0.4, -0.2) is 57.9 Å². The molecule has 20 heavy (non-hydrogen) atoms. The molecule has 2 aromatic rings. The van der Waals surface area contributed by atoms with Gasteiger partial charge in [-0.25, -0.2) is 0 Å². The quantitative estimate of drug-likeness (QED) is 0.825. The van der Waals surface area contributed by atoms with Crippen molar-refractivity contribution in [2.75, 3.05) is 32.1 Å². The number of fused-ring (bicyclic) bond motifs is 1. The molecule has 0 aromatic carbocycles. The lowest BCUT2D eigenvalue weighted by Crippen LogP contribution is -2.45. The number of likely N-dealkylation sites (N-methyl/N-ethyl adjacent to an activating group) is 1. The molecule has 1 saturated heterocycles. The fraction of sp³-hybridized carbons (Fsp3) is 0.643. The molecule has 1 unspecified atom stereocenters. The van der Waals surface area contributed by atoms with E-state index >= 15 is 0 Å². The summed E-state index contributed by atoms with van der Waals surface area (Å²) in [6, 6.07) is 0.597. The van der Waals surface area contributed by atoms with E-state index in [1.54, 1.807) is 10.8 Å². The SMILES string of the molecule is Cc1nn2cnnc2c(N2CCCC(N(C)C)C2)c1C. The van der Waals surface area contributed by atoms with Gasteiger partial charge in [0.25, 0.3) is 0 Å². The first-order valence-electron chi connectivity index (χ1n) is 7.16. The Balaban J connectivity index is 2.04. The summed E-state index contributed by atoms with van der Waals surface area (Å²) in [5.74, 6) is 0. The monoisotopic (exact) mass is 274 g/mol. The molecule has 1 aliphatic heterocycles. The first-order valence-corrected chi connectivity index (χ1v) is 7.16. The summed E-state index contributed by atoms with van der Waals surface area (Å²) in [4.78, 5) is 4.76. The number of aryl methyl sites for hydroxylation is 1. The lowest BCUT2D eigenvalue weighted by molar-refractivity contribution is 0.258. The van der Waals surface area contributed by atoms with Crippen LogP contribution < -0.4 is 4.90 Å². The van der Waals surface area contributed by atoms with Crippen molar-refractivity contribution in [3.8, 4) is 0 Å². The smallest absolute Gasteiger partial charge is 0.201 e. The van der Waals surface area contributed by atoms with E-state index in [2.05, 4.69) is 46.1 Å². The number of nitrogens with zero attached hydrogens (tertiary/aromatic N) is 6. The highest BCUT2D eigenvalue weighted by Crippen LogP contribution is 2.29. The van der Waals surface area contributed by atoms with E-state index in [1.165, 1.54) is 24.1 Å². The number of anilines is 1. The molecule has 0 radical (unpaired) electrons. The van der Waals surface area contributed by atoms with Gasteiger partial charge in [0.15, 0.2) is 0 Å². The van der Waals surface area contributed by atoms with Gasteiger partial charge in [0, 0.05) is 19.1 Å². The van der Waals surface area contributed by atoms with Crippen molar-refractivity contribution >= 4 is 11.3 Å². The van der Waals surface area contributed by atoms with Crippen LogP contribution in [0, 0.1) is 13.8 Å². The number of hydrogen-bond donors (Lipinski definition) is 0. The van der Waals surface area contributed by atoms with E-state index in [0.29, 0.717) is 6.04 Å². The molecule has 1 atom stereocenters. The molecule has 0 aliphatic carbocycles. The molecule has 0 bridgehead atoms. The van der Waals surface area contributed by atoms with Crippen molar-refractivity contribution in [1.29, 1.82) is 0 Å². The zero-order chi connectivity index (χ0) is 14.3. The molecule has 3 heterocycles. The third-order valence-corrected chi connectivity index (χ3v) is 4.34. The average Bonchev–Trinajstić information content (AvgIpc) is 2.87. The summed E-state index contributed by atoms with van der Waals surface area (Å²) in [6.45, 7) is 6.30. The average molecular weight is 274 g/mol. The summed E-state index contributed by atoms with van der Waals surface area (Å²) < 4.78 is 1.79. The molecular formula is C14H22N6. The van der Waals surface area contributed by atoms with E-state index in [4.69, 9.17) is 0 Å². The zero-order valence-corrected chi connectivity index (χ0v) is 12.7. The Bertz CT molecular complexity index is 617. The maximum absolute atomic E-state index is 4.50. The summed E-state index contributed by atoms with van der Waals surface area (Å²) >= 11 is 0. The van der Waals surface area contributed by atoms with E-state index in [9.17, 15) is 0 Å². The fourth-order valence-electron chi connectivity index (χ4n) is 2.99. The summed E-state index contributed by atoms with van der Waals surface area (Å²) in [5.41, 5.74) is 4.32. The fourth-order valence-corrected chi connectivity index (χ4v) is 2.99. The Hall–Kier alpha value is -1.69. The second kappa shape index (κ2) is 5.01. The Morgan fingerprint density at radius 3 is 2.85 bits per heavy atom. The zero-order valence-electron chi connectivity index (χ0n) is 12.7. The van der Waals surface area contributed by atoms with Crippen molar-refractivity contribution in [2.45, 2.75) is 32.7 Å². The Labute approximate surface area is 119 Å². The third kappa shape index (κ3) is 2.14. The maximum Gasteiger partial charge on any atom is 0.201 e. The molecule has 3 rings (SSSR count). The lowest BCUT2D eigenvalue weighted by atomic mass is 10.0. The Morgan fingerprint density at radius 2 is 2.10 bits per heavy atom. The summed E-state index contributed by atoms with van der Waals surface area (Å²) in [5, 5.41) is 12.8. The van der Waals surface area contributed by atoms with Gasteiger partial charge in [0.2, 0.25) is 5.65 Å². The molecule has 0 saturated carbocycles. The van der Waals surface area contributed by atoms with Crippen LogP contribution in [0.4, 0.5) is 5.69 Å². The molecular weight excluding hydrogens is 252 g/mol. The van der Waals surface area contributed by atoms with Gasteiger partial charge in [0.1, 0.15) is 6.33 Å². The number of hydrogen-bond acceptors (Lipinski definition) is 5. The molecule has 108 valence electrons. The third-order valence-electron chi connectivity index (χ3n) is 4.34.